The van der Waals surface area contributed by atoms with Crippen molar-refractivity contribution in [3.05, 3.63) is 65.2 Å². The molecule has 8 nitrogen and oxygen atoms in total. The second-order valence-corrected chi connectivity index (χ2v) is 5.78. The zero-order valence-electron chi connectivity index (χ0n) is 16.6. The molecule has 0 aromatic heterocycles. The van der Waals surface area contributed by atoms with Crippen molar-refractivity contribution in [1.29, 1.82) is 0 Å². The molecule has 1 atom stereocenters. The summed E-state index contributed by atoms with van der Waals surface area (Å²) in [5.41, 5.74) is 1.45. The Labute approximate surface area is 168 Å². The van der Waals surface area contributed by atoms with Gasteiger partial charge in [0.05, 0.1) is 20.4 Å². The largest absolute Gasteiger partial charge is 0.497 e. The van der Waals surface area contributed by atoms with E-state index in [1.165, 1.54) is 20.4 Å². The van der Waals surface area contributed by atoms with E-state index >= 15 is 0 Å². The fraction of sp³-hybridized carbons (Fsp3) is 0.238. The molecule has 0 aliphatic carbocycles. The van der Waals surface area contributed by atoms with E-state index in [2.05, 4.69) is 10.3 Å². The minimum atomic E-state index is -0.806. The van der Waals surface area contributed by atoms with Crippen molar-refractivity contribution in [2.24, 2.45) is 10.3 Å². The third-order valence-corrected chi connectivity index (χ3v) is 3.93. The molecule has 0 saturated heterocycles. The number of benzene rings is 2. The predicted octanol–water partition coefficient (Wildman–Crippen LogP) is 2.84. The normalized spacial score (nSPS) is 12.3. The number of carbonyl (C=O) groups is 2. The Morgan fingerprint density at radius 3 is 2.31 bits per heavy atom. The molecule has 2 rings (SSSR count). The highest BCUT2D eigenvalue weighted by Gasteiger charge is 2.19. The number of ether oxygens (including phenoxy) is 2. The Bertz CT molecular complexity index is 906. The van der Waals surface area contributed by atoms with Crippen LogP contribution < -0.4 is 4.74 Å². The van der Waals surface area contributed by atoms with E-state index in [9.17, 15) is 9.59 Å². The Morgan fingerprint density at radius 2 is 1.69 bits per heavy atom. The van der Waals surface area contributed by atoms with Gasteiger partial charge in [-0.15, -0.1) is 0 Å². The molecule has 0 amide bonds. The third kappa shape index (κ3) is 5.65. The van der Waals surface area contributed by atoms with Gasteiger partial charge in [0.2, 0.25) is 5.78 Å². The monoisotopic (exact) mass is 398 g/mol. The maximum atomic E-state index is 12.4. The lowest BCUT2D eigenvalue weighted by Crippen LogP contribution is -2.20. The van der Waals surface area contributed by atoms with Gasteiger partial charge in [0.15, 0.2) is 11.8 Å². The first-order valence-corrected chi connectivity index (χ1v) is 8.68. The lowest BCUT2D eigenvalue weighted by atomic mass is 10.0. The van der Waals surface area contributed by atoms with Crippen molar-refractivity contribution >= 4 is 23.7 Å². The smallest absolute Gasteiger partial charge is 0.360 e. The van der Waals surface area contributed by atoms with Gasteiger partial charge in [-0.2, -0.15) is 0 Å². The summed E-state index contributed by atoms with van der Waals surface area (Å²) in [4.78, 5) is 34.4. The molecule has 8 heteroatoms. The van der Waals surface area contributed by atoms with Crippen molar-refractivity contribution in [3.63, 3.8) is 0 Å². The van der Waals surface area contributed by atoms with Crippen molar-refractivity contribution in [3.8, 4) is 5.75 Å². The van der Waals surface area contributed by atoms with Crippen LogP contribution in [-0.4, -0.2) is 51.1 Å². The number of Topliss-reactive ketones (excluding diaryl/α,β-unsaturated/α-hetero) is 1. The molecule has 0 radical (unpaired) electrons. The van der Waals surface area contributed by atoms with Crippen LogP contribution in [0.15, 0.2) is 58.8 Å². The zero-order valence-corrected chi connectivity index (χ0v) is 16.6. The first-order chi connectivity index (χ1) is 14.0. The number of hydrogen-bond acceptors (Lipinski definition) is 8. The van der Waals surface area contributed by atoms with E-state index < -0.39 is 12.1 Å². The topological polar surface area (TPSA) is 95.8 Å². The molecule has 0 bridgehead atoms. The van der Waals surface area contributed by atoms with Crippen LogP contribution in [0.4, 0.5) is 0 Å². The van der Waals surface area contributed by atoms with E-state index in [4.69, 9.17) is 19.1 Å². The minimum absolute atomic E-state index is 0.0144. The number of nitrogens with zero attached hydrogens (tertiary/aromatic N) is 2. The average molecular weight is 398 g/mol. The number of oxime groups is 2. The fourth-order valence-electron chi connectivity index (χ4n) is 2.43. The van der Waals surface area contributed by atoms with Crippen LogP contribution in [0.25, 0.3) is 0 Å². The highest BCUT2D eigenvalue weighted by atomic mass is 16.6. The molecule has 0 heterocycles. The summed E-state index contributed by atoms with van der Waals surface area (Å²) in [7, 11) is 4.13. The van der Waals surface area contributed by atoms with Gasteiger partial charge in [0, 0.05) is 16.7 Å². The molecular formula is C21H22N2O6. The molecule has 2 aromatic carbocycles. The molecular weight excluding hydrogens is 376 g/mol. The lowest BCUT2D eigenvalue weighted by Gasteiger charge is -2.10. The molecule has 0 N–H and O–H groups in total. The maximum absolute atomic E-state index is 12.4. The minimum Gasteiger partial charge on any atom is -0.497 e. The van der Waals surface area contributed by atoms with Crippen LogP contribution in [0.1, 0.15) is 28.4 Å². The molecule has 0 spiro atoms. The summed E-state index contributed by atoms with van der Waals surface area (Å²) in [6.45, 7) is 1.60. The van der Waals surface area contributed by atoms with Crippen LogP contribution in [0, 0.1) is 0 Å². The molecule has 0 fully saturated rings. The zero-order chi connectivity index (χ0) is 21.2. The molecule has 2 aromatic rings. The van der Waals surface area contributed by atoms with Crippen LogP contribution in [0.5, 0.6) is 5.75 Å². The Morgan fingerprint density at radius 1 is 1.00 bits per heavy atom. The lowest BCUT2D eigenvalue weighted by molar-refractivity contribution is -0.132. The summed E-state index contributed by atoms with van der Waals surface area (Å²) in [6.07, 6.45) is 0.584. The fourth-order valence-corrected chi connectivity index (χ4v) is 2.43. The van der Waals surface area contributed by atoms with Gasteiger partial charge < -0.3 is 19.1 Å². The van der Waals surface area contributed by atoms with E-state index in [1.807, 2.05) is 0 Å². The van der Waals surface area contributed by atoms with Crippen molar-refractivity contribution in [2.45, 2.75) is 13.0 Å². The second kappa shape index (κ2) is 10.6. The first kappa shape index (κ1) is 21.6. The Hall–Kier alpha value is -3.68. The molecule has 0 aliphatic heterocycles. The maximum Gasteiger partial charge on any atom is 0.360 e. The average Bonchev–Trinajstić information content (AvgIpc) is 2.77. The van der Waals surface area contributed by atoms with Gasteiger partial charge in [-0.05, 0) is 31.2 Å². The number of ketones is 1. The summed E-state index contributed by atoms with van der Waals surface area (Å²) in [6, 6.07) is 13.6. The quantitative estimate of drug-likeness (QED) is 0.279. The van der Waals surface area contributed by atoms with E-state index in [1.54, 1.807) is 62.6 Å². The van der Waals surface area contributed by atoms with Gasteiger partial charge in [-0.25, -0.2) is 4.79 Å². The molecule has 0 saturated carbocycles. The molecule has 29 heavy (non-hydrogen) atoms. The van der Waals surface area contributed by atoms with Gasteiger partial charge in [0.25, 0.3) is 0 Å². The number of rotatable bonds is 9. The van der Waals surface area contributed by atoms with Crippen LogP contribution in [-0.2, 0) is 19.2 Å². The second-order valence-electron chi connectivity index (χ2n) is 5.78. The van der Waals surface area contributed by atoms with E-state index in [-0.39, 0.29) is 11.5 Å². The summed E-state index contributed by atoms with van der Waals surface area (Å²) >= 11 is 0. The number of methoxy groups -OCH3 is 2. The van der Waals surface area contributed by atoms with Gasteiger partial charge in [-0.1, -0.05) is 34.6 Å². The molecule has 1 unspecified atom stereocenters. The Balaban J connectivity index is 2.14. The molecule has 0 aliphatic rings. The first-order valence-electron chi connectivity index (χ1n) is 8.68. The summed E-state index contributed by atoms with van der Waals surface area (Å²) < 4.78 is 9.81. The predicted molar refractivity (Wildman–Crippen MR) is 107 cm³/mol. The third-order valence-electron chi connectivity index (χ3n) is 3.93. The highest BCUT2D eigenvalue weighted by Crippen LogP contribution is 2.14. The van der Waals surface area contributed by atoms with Gasteiger partial charge in [0.1, 0.15) is 12.9 Å². The number of hydrogen-bond donors (Lipinski definition) is 0. The summed E-state index contributed by atoms with van der Waals surface area (Å²) in [5.74, 6) is -0.227. The SMILES string of the molecule is CON=C(C(=O)OC)c1ccccc1C=NOC(C)C(=O)c1ccc(OC)cc1. The number of carbonyl (C=O) groups excluding carboxylic acids is 2. The van der Waals surface area contributed by atoms with E-state index in [0.717, 1.165) is 0 Å². The Kier molecular flexibility index (Phi) is 7.90. The van der Waals surface area contributed by atoms with Crippen molar-refractivity contribution in [1.82, 2.24) is 0 Å². The van der Waals surface area contributed by atoms with Crippen LogP contribution in [0.2, 0.25) is 0 Å². The van der Waals surface area contributed by atoms with Gasteiger partial charge >= 0.3 is 5.97 Å². The highest BCUT2D eigenvalue weighted by molar-refractivity contribution is 6.44. The van der Waals surface area contributed by atoms with Crippen LogP contribution in [0.3, 0.4) is 0 Å². The van der Waals surface area contributed by atoms with Gasteiger partial charge in [-0.3, -0.25) is 4.79 Å². The van der Waals surface area contributed by atoms with E-state index in [0.29, 0.717) is 22.4 Å². The molecule has 152 valence electrons. The van der Waals surface area contributed by atoms with Crippen LogP contribution >= 0.6 is 0 Å². The summed E-state index contributed by atoms with van der Waals surface area (Å²) in [5, 5.41) is 7.62. The standard InChI is InChI=1S/C21H22N2O6/c1-14(20(24)15-9-11-17(26-2)12-10-15)29-22-13-16-7-5-6-8-18(16)19(23-28-4)21(25)27-3/h5-14H,1-4H3. The van der Waals surface area contributed by atoms with Crippen molar-refractivity contribution < 1.29 is 28.7 Å². The van der Waals surface area contributed by atoms with Crippen molar-refractivity contribution in [2.75, 3.05) is 21.3 Å². The number of esters is 1.